The van der Waals surface area contributed by atoms with Crippen molar-refractivity contribution in [2.75, 3.05) is 13.7 Å². The molecule has 1 aromatic heterocycles. The molecular weight excluding hydrogens is 340 g/mol. The van der Waals surface area contributed by atoms with Crippen LogP contribution in [0.25, 0.3) is 0 Å². The molecule has 0 saturated carbocycles. The first-order chi connectivity index (χ1) is 9.65. The molecule has 20 heavy (non-hydrogen) atoms. The number of halogens is 2. The van der Waals surface area contributed by atoms with Crippen LogP contribution in [0, 0.1) is 0 Å². The largest absolute Gasteiger partial charge is 0.497 e. The number of nitrogens with one attached hydrogen (secondary N) is 1. The number of ether oxygens (including phenoxy) is 1. The lowest BCUT2D eigenvalue weighted by atomic mass is 10.00. The van der Waals surface area contributed by atoms with Crippen molar-refractivity contribution in [3.05, 3.63) is 57.3 Å². The Morgan fingerprint density at radius 1 is 1.35 bits per heavy atom. The Morgan fingerprint density at radius 2 is 2.15 bits per heavy atom. The Labute approximate surface area is 132 Å². The van der Waals surface area contributed by atoms with E-state index in [0.29, 0.717) is 5.02 Å². The second kappa shape index (κ2) is 7.07. The zero-order valence-corrected chi connectivity index (χ0v) is 13.7. The van der Waals surface area contributed by atoms with E-state index in [1.54, 1.807) is 13.3 Å². The lowest BCUT2D eigenvalue weighted by Gasteiger charge is -2.20. The molecular formula is C15H16BrClN2O. The predicted octanol–water partition coefficient (Wildman–Crippen LogP) is 4.21. The van der Waals surface area contributed by atoms with Crippen molar-refractivity contribution in [1.29, 1.82) is 0 Å². The third-order valence-corrected chi connectivity index (χ3v) is 3.75. The van der Waals surface area contributed by atoms with E-state index in [1.165, 1.54) is 0 Å². The maximum atomic E-state index is 6.38. The third kappa shape index (κ3) is 3.51. The Balaban J connectivity index is 2.43. The number of benzene rings is 1. The minimum absolute atomic E-state index is 0.00315. The highest BCUT2D eigenvalue weighted by Crippen LogP contribution is 2.31. The molecule has 0 amide bonds. The van der Waals surface area contributed by atoms with Gasteiger partial charge in [-0.05, 0) is 51.8 Å². The molecule has 1 atom stereocenters. The Kier molecular flexibility index (Phi) is 5.40. The minimum Gasteiger partial charge on any atom is -0.497 e. The van der Waals surface area contributed by atoms with Crippen molar-refractivity contribution in [1.82, 2.24) is 10.3 Å². The summed E-state index contributed by atoms with van der Waals surface area (Å²) < 4.78 is 6.14. The number of methoxy groups -OCH3 is 1. The van der Waals surface area contributed by atoms with Gasteiger partial charge in [0.15, 0.2) is 0 Å². The van der Waals surface area contributed by atoms with Crippen LogP contribution in [0.2, 0.25) is 5.02 Å². The first-order valence-corrected chi connectivity index (χ1v) is 7.50. The highest BCUT2D eigenvalue weighted by Gasteiger charge is 2.17. The van der Waals surface area contributed by atoms with Gasteiger partial charge in [-0.2, -0.15) is 0 Å². The van der Waals surface area contributed by atoms with Gasteiger partial charge in [0, 0.05) is 21.9 Å². The summed E-state index contributed by atoms with van der Waals surface area (Å²) in [5, 5.41) is 4.11. The van der Waals surface area contributed by atoms with Crippen LogP contribution < -0.4 is 10.1 Å². The molecule has 1 aromatic carbocycles. The molecule has 0 fully saturated rings. The average molecular weight is 356 g/mol. The molecule has 3 nitrogen and oxygen atoms in total. The van der Waals surface area contributed by atoms with Gasteiger partial charge in [-0.25, -0.2) is 0 Å². The Hall–Kier alpha value is -1.10. The van der Waals surface area contributed by atoms with Crippen LogP contribution in [-0.4, -0.2) is 18.6 Å². The van der Waals surface area contributed by atoms with Crippen molar-refractivity contribution < 1.29 is 4.74 Å². The fourth-order valence-electron chi connectivity index (χ4n) is 2.07. The summed E-state index contributed by atoms with van der Waals surface area (Å²) in [4.78, 5) is 4.22. The summed E-state index contributed by atoms with van der Waals surface area (Å²) in [6, 6.07) is 7.77. The maximum absolute atomic E-state index is 6.38. The summed E-state index contributed by atoms with van der Waals surface area (Å²) in [5.74, 6) is 0.751. The zero-order chi connectivity index (χ0) is 14.5. The molecule has 0 radical (unpaired) electrons. The molecule has 1 heterocycles. The van der Waals surface area contributed by atoms with Gasteiger partial charge in [0.05, 0.1) is 13.2 Å². The van der Waals surface area contributed by atoms with Crippen molar-refractivity contribution >= 4 is 27.5 Å². The van der Waals surface area contributed by atoms with Gasteiger partial charge in [-0.15, -0.1) is 0 Å². The van der Waals surface area contributed by atoms with Gasteiger partial charge in [-0.1, -0.05) is 24.6 Å². The summed E-state index contributed by atoms with van der Waals surface area (Å²) in [6.45, 7) is 2.90. The van der Waals surface area contributed by atoms with Crippen molar-refractivity contribution in [3.8, 4) is 5.75 Å². The van der Waals surface area contributed by atoms with Crippen LogP contribution in [-0.2, 0) is 0 Å². The number of aromatic nitrogens is 1. The Morgan fingerprint density at radius 3 is 2.75 bits per heavy atom. The van der Waals surface area contributed by atoms with Crippen LogP contribution in [0.3, 0.4) is 0 Å². The SMILES string of the molecule is CCNC(c1cncc(Br)c1)c1ccc(OC)cc1Cl. The van der Waals surface area contributed by atoms with Crippen LogP contribution in [0.4, 0.5) is 0 Å². The average Bonchev–Trinajstić information content (AvgIpc) is 2.45. The molecule has 2 aromatic rings. The Bertz CT molecular complexity index is 592. The molecule has 0 aliphatic carbocycles. The van der Waals surface area contributed by atoms with E-state index in [1.807, 2.05) is 30.5 Å². The second-order valence-electron chi connectivity index (χ2n) is 4.31. The van der Waals surface area contributed by atoms with E-state index < -0.39 is 0 Å². The number of hydrogen-bond acceptors (Lipinski definition) is 3. The predicted molar refractivity (Wildman–Crippen MR) is 85.5 cm³/mol. The molecule has 0 saturated heterocycles. The zero-order valence-electron chi connectivity index (χ0n) is 11.4. The summed E-state index contributed by atoms with van der Waals surface area (Å²) in [7, 11) is 1.63. The van der Waals surface area contributed by atoms with Gasteiger partial charge in [-0.3, -0.25) is 4.98 Å². The standard InChI is InChI=1S/C15H16BrClN2O/c1-3-19-15(10-6-11(16)9-18-8-10)13-5-4-12(20-2)7-14(13)17/h4-9,15,19H,3H2,1-2H3. The van der Waals surface area contributed by atoms with E-state index in [9.17, 15) is 0 Å². The number of rotatable bonds is 5. The number of pyridine rings is 1. The lowest BCUT2D eigenvalue weighted by molar-refractivity contribution is 0.414. The van der Waals surface area contributed by atoms with Crippen LogP contribution in [0.1, 0.15) is 24.1 Å². The molecule has 0 aliphatic heterocycles. The van der Waals surface area contributed by atoms with E-state index in [2.05, 4.69) is 33.2 Å². The van der Waals surface area contributed by atoms with Crippen molar-refractivity contribution in [3.63, 3.8) is 0 Å². The normalized spacial score (nSPS) is 12.2. The van der Waals surface area contributed by atoms with Gasteiger partial charge in [0.1, 0.15) is 5.75 Å². The molecule has 1 N–H and O–H groups in total. The van der Waals surface area contributed by atoms with E-state index in [-0.39, 0.29) is 6.04 Å². The topological polar surface area (TPSA) is 34.2 Å². The fraction of sp³-hybridized carbons (Fsp3) is 0.267. The molecule has 0 bridgehead atoms. The maximum Gasteiger partial charge on any atom is 0.120 e. The minimum atomic E-state index is 0.00315. The molecule has 106 valence electrons. The summed E-state index contributed by atoms with van der Waals surface area (Å²) >= 11 is 9.83. The van der Waals surface area contributed by atoms with E-state index >= 15 is 0 Å². The van der Waals surface area contributed by atoms with Gasteiger partial charge in [0.2, 0.25) is 0 Å². The van der Waals surface area contributed by atoms with Gasteiger partial charge < -0.3 is 10.1 Å². The molecule has 1 unspecified atom stereocenters. The first kappa shape index (κ1) is 15.3. The first-order valence-electron chi connectivity index (χ1n) is 6.33. The molecule has 2 rings (SSSR count). The monoisotopic (exact) mass is 354 g/mol. The summed E-state index contributed by atoms with van der Waals surface area (Å²) in [6.07, 6.45) is 3.61. The molecule has 5 heteroatoms. The third-order valence-electron chi connectivity index (χ3n) is 2.99. The highest BCUT2D eigenvalue weighted by atomic mass is 79.9. The number of nitrogens with zero attached hydrogens (tertiary/aromatic N) is 1. The fourth-order valence-corrected chi connectivity index (χ4v) is 2.73. The van der Waals surface area contributed by atoms with E-state index in [0.717, 1.165) is 27.9 Å². The summed E-state index contributed by atoms with van der Waals surface area (Å²) in [5.41, 5.74) is 2.07. The van der Waals surface area contributed by atoms with Crippen LogP contribution >= 0.6 is 27.5 Å². The van der Waals surface area contributed by atoms with Crippen molar-refractivity contribution in [2.45, 2.75) is 13.0 Å². The second-order valence-corrected chi connectivity index (χ2v) is 5.64. The van der Waals surface area contributed by atoms with E-state index in [4.69, 9.17) is 16.3 Å². The van der Waals surface area contributed by atoms with Crippen LogP contribution in [0.5, 0.6) is 5.75 Å². The van der Waals surface area contributed by atoms with Crippen molar-refractivity contribution in [2.24, 2.45) is 0 Å². The quantitative estimate of drug-likeness (QED) is 0.872. The lowest BCUT2D eigenvalue weighted by Crippen LogP contribution is -2.22. The van der Waals surface area contributed by atoms with Gasteiger partial charge >= 0.3 is 0 Å². The highest BCUT2D eigenvalue weighted by molar-refractivity contribution is 9.10. The van der Waals surface area contributed by atoms with Crippen LogP contribution in [0.15, 0.2) is 41.1 Å². The van der Waals surface area contributed by atoms with Gasteiger partial charge in [0.25, 0.3) is 0 Å². The molecule has 0 spiro atoms. The molecule has 0 aliphatic rings. The smallest absolute Gasteiger partial charge is 0.120 e. The number of hydrogen-bond donors (Lipinski definition) is 1.